The fourth-order valence-electron chi connectivity index (χ4n) is 1.99. The predicted octanol–water partition coefficient (Wildman–Crippen LogP) is 3.39. The fraction of sp³-hybridized carbons (Fsp3) is 0.357. The zero-order valence-corrected chi connectivity index (χ0v) is 10.7. The summed E-state index contributed by atoms with van der Waals surface area (Å²) >= 11 is 4.35. The minimum Gasteiger partial charge on any atom is -0.488 e. The third kappa shape index (κ3) is 1.85. The smallest absolute Gasteiger partial charge is 0.246 e. The second kappa shape index (κ2) is 4.25. The number of thiol groups is 1. The molecule has 1 fully saturated rings. The number of hydrogen-bond donors (Lipinski definition) is 1. The van der Waals surface area contributed by atoms with E-state index in [2.05, 4.69) is 12.6 Å². The monoisotopic (exact) mass is 259 g/mol. The molecule has 2 aromatic rings. The number of benzene rings is 1. The summed E-state index contributed by atoms with van der Waals surface area (Å²) in [7, 11) is 0. The molecule has 0 radical (unpaired) electrons. The van der Waals surface area contributed by atoms with Gasteiger partial charge in [-0.05, 0) is 30.7 Å². The van der Waals surface area contributed by atoms with Gasteiger partial charge >= 0.3 is 0 Å². The van der Waals surface area contributed by atoms with Crippen LogP contribution in [0, 0.1) is 16.7 Å². The molecule has 1 aliphatic rings. The molecule has 0 bridgehead atoms. The largest absolute Gasteiger partial charge is 0.488 e. The van der Waals surface area contributed by atoms with Gasteiger partial charge in [-0.2, -0.15) is 17.9 Å². The second-order valence-electron chi connectivity index (χ2n) is 4.82. The Morgan fingerprint density at radius 2 is 2.17 bits per heavy atom. The van der Waals surface area contributed by atoms with Crippen LogP contribution in [0.2, 0.25) is 0 Å². The summed E-state index contributed by atoms with van der Waals surface area (Å²) < 4.78 is 11.3. The highest BCUT2D eigenvalue weighted by Gasteiger charge is 2.42. The van der Waals surface area contributed by atoms with Crippen LogP contribution in [0.15, 0.2) is 28.7 Å². The maximum atomic E-state index is 9.08. The van der Waals surface area contributed by atoms with Crippen LogP contribution in [0.25, 0.3) is 11.0 Å². The molecule has 92 valence electrons. The molecule has 0 aliphatic heterocycles. The number of nitrogens with zero attached hydrogens (tertiary/aromatic N) is 1. The van der Waals surface area contributed by atoms with Gasteiger partial charge in [0.2, 0.25) is 5.76 Å². The standard InChI is InChI=1S/C14H13NO2S/c15-7-12-13(16-8-14(9-18)5-6-14)10-3-1-2-4-11(10)17-12/h1-4,18H,5-6,8-9H2. The molecule has 1 aliphatic carbocycles. The maximum Gasteiger partial charge on any atom is 0.246 e. The molecular formula is C14H13NO2S. The van der Waals surface area contributed by atoms with E-state index in [1.54, 1.807) is 0 Å². The second-order valence-corrected chi connectivity index (χ2v) is 5.13. The molecule has 3 nitrogen and oxygen atoms in total. The number of furan rings is 1. The first-order valence-corrected chi connectivity index (χ1v) is 6.56. The van der Waals surface area contributed by atoms with Crippen LogP contribution in [0.3, 0.4) is 0 Å². The van der Waals surface area contributed by atoms with E-state index in [1.807, 2.05) is 30.3 Å². The Kier molecular flexibility index (Phi) is 2.71. The number of para-hydroxylation sites is 1. The van der Waals surface area contributed by atoms with Crippen molar-refractivity contribution in [2.24, 2.45) is 5.41 Å². The number of ether oxygens (including phenoxy) is 1. The van der Waals surface area contributed by atoms with Crippen molar-refractivity contribution >= 4 is 23.6 Å². The van der Waals surface area contributed by atoms with Crippen molar-refractivity contribution in [1.29, 1.82) is 5.26 Å². The van der Waals surface area contributed by atoms with E-state index in [0.29, 0.717) is 17.9 Å². The lowest BCUT2D eigenvalue weighted by Gasteiger charge is -2.12. The van der Waals surface area contributed by atoms with Gasteiger partial charge in [0.1, 0.15) is 11.7 Å². The van der Waals surface area contributed by atoms with Gasteiger partial charge in [0.25, 0.3) is 0 Å². The third-order valence-corrected chi connectivity index (χ3v) is 4.14. The SMILES string of the molecule is N#Cc1oc2ccccc2c1OCC1(CS)CC1. The molecule has 18 heavy (non-hydrogen) atoms. The lowest BCUT2D eigenvalue weighted by atomic mass is 10.1. The summed E-state index contributed by atoms with van der Waals surface area (Å²) in [5, 5.41) is 9.95. The van der Waals surface area contributed by atoms with Crippen molar-refractivity contribution in [2.45, 2.75) is 12.8 Å². The number of nitriles is 1. The van der Waals surface area contributed by atoms with Gasteiger partial charge < -0.3 is 9.15 Å². The van der Waals surface area contributed by atoms with Crippen LogP contribution < -0.4 is 4.74 Å². The number of fused-ring (bicyclic) bond motifs is 1. The van der Waals surface area contributed by atoms with Crippen molar-refractivity contribution in [3.63, 3.8) is 0 Å². The fourth-order valence-corrected chi connectivity index (χ4v) is 2.40. The summed E-state index contributed by atoms with van der Waals surface area (Å²) in [4.78, 5) is 0. The first-order chi connectivity index (χ1) is 8.78. The Morgan fingerprint density at radius 3 is 2.83 bits per heavy atom. The summed E-state index contributed by atoms with van der Waals surface area (Å²) in [6.45, 7) is 0.606. The summed E-state index contributed by atoms with van der Waals surface area (Å²) in [5.74, 6) is 1.65. The Labute approximate surface area is 111 Å². The summed E-state index contributed by atoms with van der Waals surface area (Å²) in [6, 6.07) is 9.60. The number of hydrogen-bond acceptors (Lipinski definition) is 4. The van der Waals surface area contributed by atoms with Gasteiger partial charge in [0.15, 0.2) is 5.75 Å². The van der Waals surface area contributed by atoms with E-state index in [0.717, 1.165) is 24.0 Å². The molecule has 0 atom stereocenters. The van der Waals surface area contributed by atoms with Crippen LogP contribution in [0.1, 0.15) is 18.6 Å². The van der Waals surface area contributed by atoms with E-state index >= 15 is 0 Å². The van der Waals surface area contributed by atoms with Crippen molar-refractivity contribution in [1.82, 2.24) is 0 Å². The third-order valence-electron chi connectivity index (χ3n) is 3.47. The van der Waals surface area contributed by atoms with Gasteiger partial charge in [0.05, 0.1) is 12.0 Å². The Bertz CT molecular complexity index is 622. The average Bonchev–Trinajstić information content (AvgIpc) is 3.11. The molecule has 0 N–H and O–H groups in total. The van der Waals surface area contributed by atoms with Gasteiger partial charge in [-0.3, -0.25) is 0 Å². The molecule has 0 amide bonds. The summed E-state index contributed by atoms with van der Waals surface area (Å²) in [6.07, 6.45) is 2.29. The number of rotatable bonds is 4. The lowest BCUT2D eigenvalue weighted by molar-refractivity contribution is 0.249. The first kappa shape index (κ1) is 11.5. The lowest BCUT2D eigenvalue weighted by Crippen LogP contribution is -2.14. The first-order valence-electron chi connectivity index (χ1n) is 5.93. The average molecular weight is 259 g/mol. The highest BCUT2D eigenvalue weighted by molar-refractivity contribution is 7.80. The quantitative estimate of drug-likeness (QED) is 0.856. The predicted molar refractivity (Wildman–Crippen MR) is 71.9 cm³/mol. The van der Waals surface area contributed by atoms with Crippen molar-refractivity contribution < 1.29 is 9.15 Å². The molecule has 3 rings (SSSR count). The van der Waals surface area contributed by atoms with Crippen LogP contribution in [0.5, 0.6) is 5.75 Å². The van der Waals surface area contributed by atoms with E-state index in [1.165, 1.54) is 0 Å². The molecule has 0 saturated heterocycles. The molecule has 1 aromatic carbocycles. The van der Waals surface area contributed by atoms with Gasteiger partial charge in [0, 0.05) is 5.41 Å². The van der Waals surface area contributed by atoms with Crippen molar-refractivity contribution in [2.75, 3.05) is 12.4 Å². The van der Waals surface area contributed by atoms with E-state index in [9.17, 15) is 0 Å². The molecule has 4 heteroatoms. The molecule has 1 heterocycles. The Hall–Kier alpha value is -1.60. The molecule has 1 saturated carbocycles. The van der Waals surface area contributed by atoms with Crippen LogP contribution in [-0.4, -0.2) is 12.4 Å². The van der Waals surface area contributed by atoms with Crippen molar-refractivity contribution in [3.05, 3.63) is 30.0 Å². The minimum absolute atomic E-state index is 0.203. The van der Waals surface area contributed by atoms with E-state index < -0.39 is 0 Å². The molecule has 0 unspecified atom stereocenters. The van der Waals surface area contributed by atoms with E-state index in [4.69, 9.17) is 14.4 Å². The van der Waals surface area contributed by atoms with Crippen LogP contribution in [0.4, 0.5) is 0 Å². The summed E-state index contributed by atoms with van der Waals surface area (Å²) in [5.41, 5.74) is 0.897. The normalized spacial score (nSPS) is 16.4. The Morgan fingerprint density at radius 1 is 1.39 bits per heavy atom. The van der Waals surface area contributed by atoms with Crippen molar-refractivity contribution in [3.8, 4) is 11.8 Å². The Balaban J connectivity index is 1.93. The zero-order valence-electron chi connectivity index (χ0n) is 9.85. The zero-order chi connectivity index (χ0) is 12.6. The van der Waals surface area contributed by atoms with Gasteiger partial charge in [-0.25, -0.2) is 0 Å². The molecular weight excluding hydrogens is 246 g/mol. The topological polar surface area (TPSA) is 46.2 Å². The van der Waals surface area contributed by atoms with E-state index in [-0.39, 0.29) is 11.2 Å². The van der Waals surface area contributed by atoms with Crippen LogP contribution in [-0.2, 0) is 0 Å². The molecule has 0 spiro atoms. The van der Waals surface area contributed by atoms with Gasteiger partial charge in [-0.1, -0.05) is 12.1 Å². The van der Waals surface area contributed by atoms with Crippen LogP contribution >= 0.6 is 12.6 Å². The highest BCUT2D eigenvalue weighted by Crippen LogP contribution is 2.47. The minimum atomic E-state index is 0.203. The highest BCUT2D eigenvalue weighted by atomic mass is 32.1. The van der Waals surface area contributed by atoms with Gasteiger partial charge in [-0.15, -0.1) is 0 Å². The maximum absolute atomic E-state index is 9.08. The molecule has 1 aromatic heterocycles.